The number of anilines is 1. The van der Waals surface area contributed by atoms with Gasteiger partial charge in [0.25, 0.3) is 5.91 Å². The molecule has 0 radical (unpaired) electrons. The maximum Gasteiger partial charge on any atom is 0.251 e. The minimum absolute atomic E-state index is 0.321. The zero-order valence-corrected chi connectivity index (χ0v) is 22.0. The van der Waals surface area contributed by atoms with E-state index in [1.165, 1.54) is 11.3 Å². The van der Waals surface area contributed by atoms with Crippen molar-refractivity contribution in [2.24, 2.45) is 0 Å². The summed E-state index contributed by atoms with van der Waals surface area (Å²) >= 11 is 1.25. The fraction of sp³-hybridized carbons (Fsp3) is 0.0968. The molecule has 1 heterocycles. The minimum Gasteiger partial charge on any atom is -0.497 e. The summed E-state index contributed by atoms with van der Waals surface area (Å²) in [6.07, 6.45) is 0.321. The molecule has 2 amide bonds. The molecular weight excluding hydrogens is 508 g/mol. The summed E-state index contributed by atoms with van der Waals surface area (Å²) in [5.74, 6) is -0.00259. The van der Waals surface area contributed by atoms with Crippen molar-refractivity contribution in [2.75, 3.05) is 12.4 Å². The molecule has 1 aromatic heterocycles. The van der Waals surface area contributed by atoms with Gasteiger partial charge in [0.1, 0.15) is 16.8 Å². The Labute approximate surface area is 230 Å². The van der Waals surface area contributed by atoms with Crippen molar-refractivity contribution in [1.29, 1.82) is 0 Å². The Bertz CT molecular complexity index is 1550. The lowest BCUT2D eigenvalue weighted by atomic mass is 10.0. The number of rotatable bonds is 9. The predicted molar refractivity (Wildman–Crippen MR) is 154 cm³/mol. The molecular formula is C31H26N4O3S. The fourth-order valence-electron chi connectivity index (χ4n) is 4.08. The number of hydrogen-bond acceptors (Lipinski definition) is 6. The highest BCUT2D eigenvalue weighted by atomic mass is 32.1. The molecule has 0 saturated carbocycles. The fourth-order valence-corrected chi connectivity index (χ4v) is 4.83. The average molecular weight is 535 g/mol. The summed E-state index contributed by atoms with van der Waals surface area (Å²) in [5, 5.41) is 15.1. The number of nitrogens with zero attached hydrogens (tertiary/aromatic N) is 2. The van der Waals surface area contributed by atoms with Crippen molar-refractivity contribution < 1.29 is 14.3 Å². The number of ether oxygens (including phenoxy) is 1. The van der Waals surface area contributed by atoms with E-state index >= 15 is 0 Å². The molecule has 1 atom stereocenters. The quantitative estimate of drug-likeness (QED) is 0.247. The standard InChI is InChI=1S/C31H26N4O3S/c1-38-26-14-8-13-25(20-26)30-34-35-31(39-30)33-29(37)27(19-21-9-4-2-5-10-21)32-28(36)24-17-15-23(16-18-24)22-11-6-3-7-12-22/h2-18,20,27H,19H2,1H3,(H,32,36)(H,33,35,37)/t27-/m1/s1. The van der Waals surface area contributed by atoms with Crippen LogP contribution in [-0.4, -0.2) is 35.2 Å². The normalized spacial score (nSPS) is 11.4. The first-order valence-corrected chi connectivity index (χ1v) is 13.2. The second-order valence-corrected chi connectivity index (χ2v) is 9.77. The van der Waals surface area contributed by atoms with Gasteiger partial charge in [0.2, 0.25) is 11.0 Å². The van der Waals surface area contributed by atoms with E-state index in [-0.39, 0.29) is 11.8 Å². The number of methoxy groups -OCH3 is 1. The number of aromatic nitrogens is 2. The maximum atomic E-state index is 13.4. The maximum absolute atomic E-state index is 13.4. The van der Waals surface area contributed by atoms with Crippen LogP contribution in [0, 0.1) is 0 Å². The van der Waals surface area contributed by atoms with Crippen molar-refractivity contribution in [3.8, 4) is 27.4 Å². The van der Waals surface area contributed by atoms with E-state index in [0.717, 1.165) is 22.3 Å². The smallest absolute Gasteiger partial charge is 0.251 e. The summed E-state index contributed by atoms with van der Waals surface area (Å²) < 4.78 is 5.28. The van der Waals surface area contributed by atoms with Gasteiger partial charge in [-0.05, 0) is 41.0 Å². The van der Waals surface area contributed by atoms with Gasteiger partial charge < -0.3 is 10.1 Å². The van der Waals surface area contributed by atoms with Gasteiger partial charge in [-0.25, -0.2) is 0 Å². The van der Waals surface area contributed by atoms with Crippen LogP contribution < -0.4 is 15.4 Å². The van der Waals surface area contributed by atoms with E-state index < -0.39 is 6.04 Å². The number of carbonyl (C=O) groups excluding carboxylic acids is 2. The third-order valence-electron chi connectivity index (χ3n) is 6.13. The number of nitrogens with one attached hydrogen (secondary N) is 2. The van der Waals surface area contributed by atoms with E-state index in [2.05, 4.69) is 20.8 Å². The molecule has 2 N–H and O–H groups in total. The number of hydrogen-bond donors (Lipinski definition) is 2. The van der Waals surface area contributed by atoms with Crippen molar-refractivity contribution in [3.63, 3.8) is 0 Å². The third-order valence-corrected chi connectivity index (χ3v) is 7.02. The van der Waals surface area contributed by atoms with E-state index in [0.29, 0.717) is 27.9 Å². The van der Waals surface area contributed by atoms with Crippen LogP contribution in [0.15, 0.2) is 109 Å². The highest BCUT2D eigenvalue weighted by Crippen LogP contribution is 2.29. The van der Waals surface area contributed by atoms with Crippen LogP contribution in [-0.2, 0) is 11.2 Å². The molecule has 7 nitrogen and oxygen atoms in total. The Morgan fingerprint density at radius 2 is 1.46 bits per heavy atom. The van der Waals surface area contributed by atoms with Crippen LogP contribution in [0.3, 0.4) is 0 Å². The molecule has 0 aliphatic carbocycles. The van der Waals surface area contributed by atoms with Crippen LogP contribution in [0.5, 0.6) is 5.75 Å². The Kier molecular flexibility index (Phi) is 8.04. The molecule has 8 heteroatoms. The van der Waals surface area contributed by atoms with Crippen LogP contribution in [0.2, 0.25) is 0 Å². The van der Waals surface area contributed by atoms with Gasteiger partial charge in [-0.2, -0.15) is 0 Å². The Morgan fingerprint density at radius 3 is 2.18 bits per heavy atom. The molecule has 0 saturated heterocycles. The molecule has 5 rings (SSSR count). The van der Waals surface area contributed by atoms with Crippen LogP contribution in [0.1, 0.15) is 15.9 Å². The van der Waals surface area contributed by atoms with Gasteiger partial charge >= 0.3 is 0 Å². The highest BCUT2D eigenvalue weighted by molar-refractivity contribution is 7.18. The highest BCUT2D eigenvalue weighted by Gasteiger charge is 2.23. The summed E-state index contributed by atoms with van der Waals surface area (Å²) in [4.78, 5) is 26.5. The molecule has 0 unspecified atom stereocenters. The molecule has 0 spiro atoms. The Hall–Kier alpha value is -4.82. The molecule has 5 aromatic rings. The van der Waals surface area contributed by atoms with Gasteiger partial charge in [-0.3, -0.25) is 14.9 Å². The lowest BCUT2D eigenvalue weighted by Crippen LogP contribution is -2.45. The monoisotopic (exact) mass is 534 g/mol. The SMILES string of the molecule is COc1cccc(-c2nnc(NC(=O)[C@@H](Cc3ccccc3)NC(=O)c3ccc(-c4ccccc4)cc3)s2)c1. The molecule has 0 bridgehead atoms. The number of amides is 2. The van der Waals surface area contributed by atoms with Gasteiger partial charge in [0, 0.05) is 17.5 Å². The lowest BCUT2D eigenvalue weighted by molar-refractivity contribution is -0.118. The first-order chi connectivity index (χ1) is 19.1. The van der Waals surface area contributed by atoms with Crippen LogP contribution >= 0.6 is 11.3 Å². The third kappa shape index (κ3) is 6.55. The second kappa shape index (κ2) is 12.1. The van der Waals surface area contributed by atoms with Gasteiger partial charge in [-0.15, -0.1) is 10.2 Å². The Morgan fingerprint density at radius 1 is 0.795 bits per heavy atom. The molecule has 0 aliphatic rings. The Balaban J connectivity index is 1.32. The van der Waals surface area contributed by atoms with Crippen molar-refractivity contribution in [3.05, 3.63) is 120 Å². The van der Waals surface area contributed by atoms with E-state index in [1.807, 2.05) is 97.1 Å². The topological polar surface area (TPSA) is 93.2 Å². The molecule has 0 fully saturated rings. The van der Waals surface area contributed by atoms with E-state index in [1.54, 1.807) is 19.2 Å². The van der Waals surface area contributed by atoms with Gasteiger partial charge in [0.05, 0.1) is 7.11 Å². The number of carbonyl (C=O) groups is 2. The summed E-state index contributed by atoms with van der Waals surface area (Å²) in [6.45, 7) is 0. The predicted octanol–water partition coefficient (Wildman–Crippen LogP) is 5.86. The number of benzene rings is 4. The lowest BCUT2D eigenvalue weighted by Gasteiger charge is -2.18. The zero-order valence-electron chi connectivity index (χ0n) is 21.2. The summed E-state index contributed by atoms with van der Waals surface area (Å²) in [7, 11) is 1.60. The van der Waals surface area contributed by atoms with Crippen molar-refractivity contribution in [1.82, 2.24) is 15.5 Å². The summed E-state index contributed by atoms with van der Waals surface area (Å²) in [5.41, 5.74) is 4.30. The van der Waals surface area contributed by atoms with Crippen molar-refractivity contribution in [2.45, 2.75) is 12.5 Å². The molecule has 4 aromatic carbocycles. The summed E-state index contributed by atoms with van der Waals surface area (Å²) in [6, 6.07) is 33.5. The van der Waals surface area contributed by atoms with Crippen molar-refractivity contribution >= 4 is 28.3 Å². The van der Waals surface area contributed by atoms with Crippen LogP contribution in [0.4, 0.5) is 5.13 Å². The van der Waals surface area contributed by atoms with Crippen LogP contribution in [0.25, 0.3) is 21.7 Å². The zero-order chi connectivity index (χ0) is 27.0. The first kappa shape index (κ1) is 25.8. The molecule has 0 aliphatic heterocycles. The largest absolute Gasteiger partial charge is 0.497 e. The van der Waals surface area contributed by atoms with Gasteiger partial charge in [0.15, 0.2) is 0 Å². The molecule has 194 valence electrons. The minimum atomic E-state index is -0.821. The second-order valence-electron chi connectivity index (χ2n) is 8.79. The average Bonchev–Trinajstić information content (AvgIpc) is 3.46. The van der Waals surface area contributed by atoms with E-state index in [9.17, 15) is 9.59 Å². The van der Waals surface area contributed by atoms with Gasteiger partial charge in [-0.1, -0.05) is 96.3 Å². The van der Waals surface area contributed by atoms with E-state index in [4.69, 9.17) is 4.74 Å². The first-order valence-electron chi connectivity index (χ1n) is 12.4. The molecule has 39 heavy (non-hydrogen) atoms.